The molecule has 1 heterocycles. The van der Waals surface area contributed by atoms with Gasteiger partial charge in [0, 0.05) is 10.5 Å². The standard InChI is InChI=1S/C23H15BrO5/c1-14-5-4-6-15(11-14)28-21-13-27-20-12-16(9-10-18(20)22(21)25)29-23(26)17-7-2-3-8-19(17)24/h2-13H,1H3. The van der Waals surface area contributed by atoms with Crippen molar-refractivity contribution in [3.63, 3.8) is 0 Å². The Morgan fingerprint density at radius 2 is 1.79 bits per heavy atom. The summed E-state index contributed by atoms with van der Waals surface area (Å²) in [5, 5.41) is 0.329. The van der Waals surface area contributed by atoms with Gasteiger partial charge < -0.3 is 13.9 Å². The minimum atomic E-state index is -0.515. The van der Waals surface area contributed by atoms with Crippen molar-refractivity contribution in [2.24, 2.45) is 0 Å². The van der Waals surface area contributed by atoms with Gasteiger partial charge in [0.15, 0.2) is 0 Å². The second-order valence-corrected chi connectivity index (χ2v) is 7.23. The van der Waals surface area contributed by atoms with Gasteiger partial charge in [-0.25, -0.2) is 4.79 Å². The van der Waals surface area contributed by atoms with E-state index >= 15 is 0 Å². The molecule has 0 bridgehead atoms. The zero-order chi connectivity index (χ0) is 20.4. The molecule has 0 unspecified atom stereocenters. The molecule has 0 saturated heterocycles. The molecule has 6 heteroatoms. The summed E-state index contributed by atoms with van der Waals surface area (Å²) in [4.78, 5) is 25.1. The van der Waals surface area contributed by atoms with Crippen molar-refractivity contribution in [3.8, 4) is 17.2 Å². The Bertz CT molecular complexity index is 1280. The average Bonchev–Trinajstić information content (AvgIpc) is 2.70. The highest BCUT2D eigenvalue weighted by Gasteiger charge is 2.14. The molecule has 144 valence electrons. The van der Waals surface area contributed by atoms with E-state index in [1.54, 1.807) is 36.4 Å². The molecule has 1 aromatic heterocycles. The first kappa shape index (κ1) is 19.0. The minimum absolute atomic E-state index is 0.0843. The van der Waals surface area contributed by atoms with E-state index in [2.05, 4.69) is 15.9 Å². The van der Waals surface area contributed by atoms with Crippen LogP contribution < -0.4 is 14.9 Å². The number of carbonyl (C=O) groups is 1. The topological polar surface area (TPSA) is 65.7 Å². The highest BCUT2D eigenvalue weighted by Crippen LogP contribution is 2.25. The van der Waals surface area contributed by atoms with E-state index in [9.17, 15) is 9.59 Å². The Morgan fingerprint density at radius 1 is 0.966 bits per heavy atom. The summed E-state index contributed by atoms with van der Waals surface area (Å²) in [6.45, 7) is 1.94. The molecule has 4 rings (SSSR count). The Labute approximate surface area is 174 Å². The summed E-state index contributed by atoms with van der Waals surface area (Å²) < 4.78 is 17.3. The molecule has 3 aromatic carbocycles. The van der Waals surface area contributed by atoms with Crippen LogP contribution in [-0.2, 0) is 0 Å². The van der Waals surface area contributed by atoms with Crippen LogP contribution in [0.1, 0.15) is 15.9 Å². The molecule has 0 radical (unpaired) electrons. The molecule has 0 amide bonds. The van der Waals surface area contributed by atoms with Crippen LogP contribution in [-0.4, -0.2) is 5.97 Å². The third-order valence-electron chi connectivity index (χ3n) is 4.24. The fraction of sp³-hybridized carbons (Fsp3) is 0.0435. The summed E-state index contributed by atoms with van der Waals surface area (Å²) in [7, 11) is 0. The number of rotatable bonds is 4. The Morgan fingerprint density at radius 3 is 2.59 bits per heavy atom. The first-order valence-electron chi connectivity index (χ1n) is 8.78. The van der Waals surface area contributed by atoms with E-state index in [1.165, 1.54) is 12.3 Å². The van der Waals surface area contributed by atoms with Crippen molar-refractivity contribution >= 4 is 32.9 Å². The molecule has 4 aromatic rings. The van der Waals surface area contributed by atoms with Crippen LogP contribution in [0.5, 0.6) is 17.2 Å². The lowest BCUT2D eigenvalue weighted by atomic mass is 10.2. The monoisotopic (exact) mass is 450 g/mol. The van der Waals surface area contributed by atoms with Crippen molar-refractivity contribution in [2.45, 2.75) is 6.92 Å². The summed E-state index contributed by atoms with van der Waals surface area (Å²) in [6, 6.07) is 18.9. The number of carbonyl (C=O) groups excluding carboxylic acids is 1. The lowest BCUT2D eigenvalue weighted by Gasteiger charge is -2.08. The van der Waals surface area contributed by atoms with Crippen molar-refractivity contribution < 1.29 is 18.7 Å². The van der Waals surface area contributed by atoms with E-state index in [0.717, 1.165) is 5.56 Å². The first-order chi connectivity index (χ1) is 14.0. The van der Waals surface area contributed by atoms with Gasteiger partial charge in [-0.1, -0.05) is 24.3 Å². The fourth-order valence-electron chi connectivity index (χ4n) is 2.82. The van der Waals surface area contributed by atoms with Crippen LogP contribution in [0.2, 0.25) is 0 Å². The summed E-state index contributed by atoms with van der Waals surface area (Å²) in [5.41, 5.74) is 1.40. The molecular formula is C23H15BrO5. The quantitative estimate of drug-likeness (QED) is 0.287. The van der Waals surface area contributed by atoms with Crippen molar-refractivity contribution in [1.29, 1.82) is 0 Å². The van der Waals surface area contributed by atoms with Crippen LogP contribution >= 0.6 is 15.9 Å². The Hall–Kier alpha value is -3.38. The highest BCUT2D eigenvalue weighted by atomic mass is 79.9. The van der Waals surface area contributed by atoms with Gasteiger partial charge in [0.2, 0.25) is 11.2 Å². The van der Waals surface area contributed by atoms with Gasteiger partial charge in [-0.15, -0.1) is 0 Å². The number of esters is 1. The maximum absolute atomic E-state index is 12.7. The molecule has 0 N–H and O–H groups in total. The second-order valence-electron chi connectivity index (χ2n) is 6.37. The fourth-order valence-corrected chi connectivity index (χ4v) is 3.27. The first-order valence-corrected chi connectivity index (χ1v) is 9.57. The number of hydrogen-bond acceptors (Lipinski definition) is 5. The Kier molecular flexibility index (Phi) is 5.18. The van der Waals surface area contributed by atoms with Gasteiger partial charge >= 0.3 is 5.97 Å². The number of fused-ring (bicyclic) bond motifs is 1. The lowest BCUT2D eigenvalue weighted by molar-refractivity contribution is 0.0734. The predicted octanol–water partition coefficient (Wildman–Crippen LogP) is 5.88. The molecule has 0 aliphatic rings. The molecule has 0 aliphatic carbocycles. The molecule has 0 saturated carbocycles. The molecule has 0 atom stereocenters. The number of aryl methyl sites for hydroxylation is 1. The van der Waals surface area contributed by atoms with Crippen molar-refractivity contribution in [3.05, 3.63) is 98.8 Å². The van der Waals surface area contributed by atoms with Gasteiger partial charge in [-0.05, 0) is 64.8 Å². The van der Waals surface area contributed by atoms with Gasteiger partial charge in [0.1, 0.15) is 23.3 Å². The molecule has 0 fully saturated rings. The zero-order valence-electron chi connectivity index (χ0n) is 15.3. The van der Waals surface area contributed by atoms with E-state index in [-0.39, 0.29) is 16.9 Å². The third-order valence-corrected chi connectivity index (χ3v) is 4.93. The van der Waals surface area contributed by atoms with Crippen molar-refractivity contribution in [2.75, 3.05) is 0 Å². The Balaban J connectivity index is 1.61. The average molecular weight is 451 g/mol. The van der Waals surface area contributed by atoms with Crippen LogP contribution in [0.25, 0.3) is 11.0 Å². The molecule has 5 nitrogen and oxygen atoms in total. The summed E-state index contributed by atoms with van der Waals surface area (Å²) in [6.07, 6.45) is 1.26. The van der Waals surface area contributed by atoms with Crippen LogP contribution in [0.15, 0.2) is 86.7 Å². The maximum atomic E-state index is 12.7. The van der Waals surface area contributed by atoms with E-state index < -0.39 is 5.97 Å². The van der Waals surface area contributed by atoms with Crippen molar-refractivity contribution in [1.82, 2.24) is 0 Å². The van der Waals surface area contributed by atoms with Crippen LogP contribution in [0, 0.1) is 6.92 Å². The van der Waals surface area contributed by atoms with Gasteiger partial charge in [-0.3, -0.25) is 4.79 Å². The molecule has 0 aliphatic heterocycles. The number of benzene rings is 3. The highest BCUT2D eigenvalue weighted by molar-refractivity contribution is 9.10. The van der Waals surface area contributed by atoms with Crippen LogP contribution in [0.4, 0.5) is 0 Å². The van der Waals surface area contributed by atoms with E-state index in [4.69, 9.17) is 13.9 Å². The number of ether oxygens (including phenoxy) is 2. The van der Waals surface area contributed by atoms with Crippen LogP contribution in [0.3, 0.4) is 0 Å². The second kappa shape index (κ2) is 7.93. The molecular weight excluding hydrogens is 436 g/mol. The normalized spacial score (nSPS) is 10.7. The SMILES string of the molecule is Cc1cccc(Oc2coc3cc(OC(=O)c4ccccc4Br)ccc3c2=O)c1. The van der Waals surface area contributed by atoms with Gasteiger partial charge in [0.05, 0.1) is 10.9 Å². The number of hydrogen-bond donors (Lipinski definition) is 0. The third kappa shape index (κ3) is 4.07. The maximum Gasteiger partial charge on any atom is 0.344 e. The number of halogens is 1. The summed E-state index contributed by atoms with van der Waals surface area (Å²) in [5.74, 6) is 0.393. The van der Waals surface area contributed by atoms with Gasteiger partial charge in [0.25, 0.3) is 0 Å². The van der Waals surface area contributed by atoms with E-state index in [0.29, 0.717) is 26.8 Å². The molecule has 0 spiro atoms. The summed E-state index contributed by atoms with van der Waals surface area (Å²) >= 11 is 3.32. The smallest absolute Gasteiger partial charge is 0.344 e. The largest absolute Gasteiger partial charge is 0.460 e. The zero-order valence-corrected chi connectivity index (χ0v) is 16.9. The minimum Gasteiger partial charge on any atom is -0.460 e. The molecule has 29 heavy (non-hydrogen) atoms. The van der Waals surface area contributed by atoms with E-state index in [1.807, 2.05) is 31.2 Å². The lowest BCUT2D eigenvalue weighted by Crippen LogP contribution is -2.09. The predicted molar refractivity (Wildman–Crippen MR) is 113 cm³/mol. The van der Waals surface area contributed by atoms with Gasteiger partial charge in [-0.2, -0.15) is 0 Å².